The van der Waals surface area contributed by atoms with Crippen molar-refractivity contribution in [2.24, 2.45) is 0 Å². The Labute approximate surface area is 111 Å². The summed E-state index contributed by atoms with van der Waals surface area (Å²) in [5, 5.41) is 9.68. The van der Waals surface area contributed by atoms with Crippen molar-refractivity contribution in [2.75, 3.05) is 26.7 Å². The Hall–Kier alpha value is -2.14. The summed E-state index contributed by atoms with van der Waals surface area (Å²) < 4.78 is 5.67. The number of aliphatic carboxylic acids is 1. The fourth-order valence-corrected chi connectivity index (χ4v) is 1.81. The Morgan fingerprint density at radius 1 is 1.37 bits per heavy atom. The Bertz CT molecular complexity index is 566. The zero-order valence-electron chi connectivity index (χ0n) is 10.7. The molecule has 1 heterocycles. The van der Waals surface area contributed by atoms with Crippen LogP contribution in [0.2, 0.25) is 0 Å². The summed E-state index contributed by atoms with van der Waals surface area (Å²) in [7, 11) is 1.75. The van der Waals surface area contributed by atoms with Gasteiger partial charge in [0, 0.05) is 18.1 Å². The van der Waals surface area contributed by atoms with E-state index in [2.05, 4.69) is 4.98 Å². The summed E-state index contributed by atoms with van der Waals surface area (Å²) >= 11 is 0. The van der Waals surface area contributed by atoms with Gasteiger partial charge in [-0.15, -0.1) is 0 Å². The number of para-hydroxylation sites is 1. The van der Waals surface area contributed by atoms with E-state index in [0.717, 1.165) is 16.7 Å². The van der Waals surface area contributed by atoms with Gasteiger partial charge in [0.1, 0.15) is 17.9 Å². The number of ether oxygens (including phenoxy) is 1. The maximum Gasteiger partial charge on any atom is 0.317 e. The molecule has 2 rings (SSSR count). The van der Waals surface area contributed by atoms with Gasteiger partial charge in [-0.1, -0.05) is 18.2 Å². The molecule has 0 aliphatic heterocycles. The molecule has 1 aromatic heterocycles. The molecule has 1 aromatic carbocycles. The van der Waals surface area contributed by atoms with E-state index in [1.54, 1.807) is 18.1 Å². The monoisotopic (exact) mass is 260 g/mol. The molecule has 0 aliphatic rings. The molecule has 0 amide bonds. The van der Waals surface area contributed by atoms with E-state index in [-0.39, 0.29) is 6.54 Å². The van der Waals surface area contributed by atoms with Crippen LogP contribution in [0.25, 0.3) is 10.9 Å². The molecular weight excluding hydrogens is 244 g/mol. The SMILES string of the molecule is CN(CCOc1cccc2cccnc12)CC(=O)O. The third-order valence-corrected chi connectivity index (χ3v) is 2.73. The predicted molar refractivity (Wildman–Crippen MR) is 72.4 cm³/mol. The molecule has 0 unspecified atom stereocenters. The molecular formula is C14H16N2O3. The molecule has 19 heavy (non-hydrogen) atoms. The van der Waals surface area contributed by atoms with Gasteiger partial charge < -0.3 is 9.84 Å². The average molecular weight is 260 g/mol. The summed E-state index contributed by atoms with van der Waals surface area (Å²) in [4.78, 5) is 16.5. The largest absolute Gasteiger partial charge is 0.490 e. The van der Waals surface area contributed by atoms with Crippen LogP contribution in [0.15, 0.2) is 36.5 Å². The molecule has 0 aliphatic carbocycles. The predicted octanol–water partition coefficient (Wildman–Crippen LogP) is 1.63. The molecule has 0 spiro atoms. The van der Waals surface area contributed by atoms with Gasteiger partial charge in [0.2, 0.25) is 0 Å². The minimum absolute atomic E-state index is 0.0111. The number of carboxylic acids is 1. The Balaban J connectivity index is 1.97. The van der Waals surface area contributed by atoms with Gasteiger partial charge in [0.25, 0.3) is 0 Å². The number of rotatable bonds is 6. The van der Waals surface area contributed by atoms with Gasteiger partial charge in [-0.05, 0) is 19.2 Å². The summed E-state index contributed by atoms with van der Waals surface area (Å²) in [6.45, 7) is 0.992. The van der Waals surface area contributed by atoms with Crippen molar-refractivity contribution < 1.29 is 14.6 Å². The molecule has 0 fully saturated rings. The van der Waals surface area contributed by atoms with Crippen molar-refractivity contribution in [1.82, 2.24) is 9.88 Å². The summed E-state index contributed by atoms with van der Waals surface area (Å²) in [5.74, 6) is -0.115. The molecule has 5 nitrogen and oxygen atoms in total. The first-order valence-corrected chi connectivity index (χ1v) is 6.03. The average Bonchev–Trinajstić information content (AvgIpc) is 2.38. The zero-order chi connectivity index (χ0) is 13.7. The quantitative estimate of drug-likeness (QED) is 0.855. The van der Waals surface area contributed by atoms with E-state index in [9.17, 15) is 4.79 Å². The smallest absolute Gasteiger partial charge is 0.317 e. The van der Waals surface area contributed by atoms with Crippen molar-refractivity contribution in [3.05, 3.63) is 36.5 Å². The van der Waals surface area contributed by atoms with Gasteiger partial charge >= 0.3 is 5.97 Å². The maximum atomic E-state index is 10.5. The van der Waals surface area contributed by atoms with Crippen LogP contribution in [0.1, 0.15) is 0 Å². The van der Waals surface area contributed by atoms with Crippen molar-refractivity contribution in [3.63, 3.8) is 0 Å². The van der Waals surface area contributed by atoms with Gasteiger partial charge in [-0.25, -0.2) is 0 Å². The summed E-state index contributed by atoms with van der Waals surface area (Å²) in [6.07, 6.45) is 1.73. The number of hydrogen-bond acceptors (Lipinski definition) is 4. The topological polar surface area (TPSA) is 62.7 Å². The van der Waals surface area contributed by atoms with Crippen molar-refractivity contribution in [1.29, 1.82) is 0 Å². The molecule has 2 aromatic rings. The van der Waals surface area contributed by atoms with E-state index in [1.165, 1.54) is 0 Å². The van der Waals surface area contributed by atoms with Gasteiger partial charge in [-0.3, -0.25) is 14.7 Å². The van der Waals surface area contributed by atoms with E-state index in [4.69, 9.17) is 9.84 Å². The number of aromatic nitrogens is 1. The lowest BCUT2D eigenvalue weighted by atomic mass is 10.2. The summed E-state index contributed by atoms with van der Waals surface area (Å²) in [5.41, 5.74) is 0.825. The molecule has 1 N–H and O–H groups in total. The van der Waals surface area contributed by atoms with Crippen LogP contribution in [-0.2, 0) is 4.79 Å². The first kappa shape index (κ1) is 13.3. The highest BCUT2D eigenvalue weighted by atomic mass is 16.5. The lowest BCUT2D eigenvalue weighted by molar-refractivity contribution is -0.138. The fourth-order valence-electron chi connectivity index (χ4n) is 1.81. The molecule has 100 valence electrons. The lowest BCUT2D eigenvalue weighted by Gasteiger charge is -2.14. The highest BCUT2D eigenvalue weighted by Crippen LogP contribution is 2.22. The Morgan fingerprint density at radius 2 is 2.16 bits per heavy atom. The highest BCUT2D eigenvalue weighted by molar-refractivity contribution is 5.84. The number of carbonyl (C=O) groups is 1. The first-order chi connectivity index (χ1) is 9.16. The second kappa shape index (κ2) is 6.15. The number of carboxylic acid groups (broad SMARTS) is 1. The molecule has 0 bridgehead atoms. The number of nitrogens with zero attached hydrogens (tertiary/aromatic N) is 2. The molecule has 5 heteroatoms. The number of benzene rings is 1. The number of pyridine rings is 1. The third-order valence-electron chi connectivity index (χ3n) is 2.73. The van der Waals surface area contributed by atoms with Crippen LogP contribution >= 0.6 is 0 Å². The maximum absolute atomic E-state index is 10.5. The zero-order valence-corrected chi connectivity index (χ0v) is 10.7. The van der Waals surface area contributed by atoms with Crippen LogP contribution in [0.4, 0.5) is 0 Å². The molecule has 0 saturated heterocycles. The van der Waals surface area contributed by atoms with E-state index < -0.39 is 5.97 Å². The molecule has 0 atom stereocenters. The number of likely N-dealkylation sites (N-methyl/N-ethyl adjacent to an activating group) is 1. The number of hydrogen-bond donors (Lipinski definition) is 1. The Morgan fingerprint density at radius 3 is 2.95 bits per heavy atom. The van der Waals surface area contributed by atoms with Crippen LogP contribution < -0.4 is 4.74 Å². The van der Waals surface area contributed by atoms with Gasteiger partial charge in [-0.2, -0.15) is 0 Å². The van der Waals surface area contributed by atoms with Gasteiger partial charge in [0.05, 0.1) is 6.54 Å². The van der Waals surface area contributed by atoms with Crippen molar-refractivity contribution in [2.45, 2.75) is 0 Å². The van der Waals surface area contributed by atoms with Gasteiger partial charge in [0.15, 0.2) is 0 Å². The van der Waals surface area contributed by atoms with E-state index in [1.807, 2.05) is 30.3 Å². The second-order valence-corrected chi connectivity index (χ2v) is 4.31. The van der Waals surface area contributed by atoms with Crippen LogP contribution in [0.5, 0.6) is 5.75 Å². The highest BCUT2D eigenvalue weighted by Gasteiger charge is 2.06. The fraction of sp³-hybridized carbons (Fsp3) is 0.286. The molecule has 0 saturated carbocycles. The van der Waals surface area contributed by atoms with Crippen LogP contribution in [0.3, 0.4) is 0 Å². The summed E-state index contributed by atoms with van der Waals surface area (Å²) in [6, 6.07) is 9.62. The molecule has 0 radical (unpaired) electrons. The van der Waals surface area contributed by atoms with Crippen molar-refractivity contribution >= 4 is 16.9 Å². The van der Waals surface area contributed by atoms with Crippen LogP contribution in [0, 0.1) is 0 Å². The van der Waals surface area contributed by atoms with Crippen molar-refractivity contribution in [3.8, 4) is 5.75 Å². The normalized spacial score (nSPS) is 10.8. The van der Waals surface area contributed by atoms with Crippen LogP contribution in [-0.4, -0.2) is 47.7 Å². The first-order valence-electron chi connectivity index (χ1n) is 6.03. The third kappa shape index (κ3) is 3.66. The van der Waals surface area contributed by atoms with E-state index in [0.29, 0.717) is 13.2 Å². The van der Waals surface area contributed by atoms with E-state index >= 15 is 0 Å². The standard InChI is InChI=1S/C14H16N2O3/c1-16(10-13(17)18)8-9-19-12-6-2-4-11-5-3-7-15-14(11)12/h2-7H,8-10H2,1H3,(H,17,18). The number of fused-ring (bicyclic) bond motifs is 1. The Kier molecular flexibility index (Phi) is 4.30. The second-order valence-electron chi connectivity index (χ2n) is 4.31. The minimum atomic E-state index is -0.839. The lowest BCUT2D eigenvalue weighted by Crippen LogP contribution is -2.29. The minimum Gasteiger partial charge on any atom is -0.490 e.